The maximum absolute atomic E-state index is 13.9. The fraction of sp³-hybridized carbons (Fsp3) is 0.308. The summed E-state index contributed by atoms with van der Waals surface area (Å²) in [6.07, 6.45) is 0.166. The van der Waals surface area contributed by atoms with Gasteiger partial charge in [-0.05, 0) is 38.5 Å². The van der Waals surface area contributed by atoms with Crippen LogP contribution in [0.2, 0.25) is 0 Å². The van der Waals surface area contributed by atoms with E-state index in [1.807, 2.05) is 6.92 Å². The molecule has 10 nitrogen and oxygen atoms in total. The first-order valence-corrected chi connectivity index (χ1v) is 13.0. The molecule has 0 fully saturated rings. The number of carbonyl (C=O) groups excluding carboxylic acids is 1. The van der Waals surface area contributed by atoms with E-state index in [9.17, 15) is 22.8 Å². The number of halogens is 4. The maximum atomic E-state index is 13.9. The number of imidazole rings is 1. The van der Waals surface area contributed by atoms with Crippen molar-refractivity contribution in [3.8, 4) is 5.82 Å². The van der Waals surface area contributed by atoms with E-state index < -0.39 is 29.2 Å². The zero-order valence-electron chi connectivity index (χ0n) is 21.7. The Kier molecular flexibility index (Phi) is 6.98. The van der Waals surface area contributed by atoms with Crippen molar-refractivity contribution < 1.29 is 18.0 Å². The van der Waals surface area contributed by atoms with Crippen molar-refractivity contribution in [3.05, 3.63) is 80.6 Å². The van der Waals surface area contributed by atoms with E-state index in [0.29, 0.717) is 22.6 Å². The molecule has 0 bridgehead atoms. The van der Waals surface area contributed by atoms with Crippen LogP contribution in [0, 0.1) is 0 Å². The summed E-state index contributed by atoms with van der Waals surface area (Å²) in [5.41, 5.74) is 0.160. The standard InChI is InChI=1S/C26H24BrF3N8O2/c1-5-13(2)33-25-34-19-11-37(23(39)15-6-7-18(27)17(9-15)26(28,29)30)14(3)8-16(19)24(40)38(25)20-10-31-22-21(35-20)32-12-36(22)4/h5-7,9-10,12-14H,1,8,11H2,2-4H3,(H,33,34)/t13-,14+/m0/s1. The Morgan fingerprint density at radius 3 is 2.73 bits per heavy atom. The first-order chi connectivity index (χ1) is 18.9. The van der Waals surface area contributed by atoms with Crippen molar-refractivity contribution >= 4 is 39.1 Å². The third-order valence-corrected chi connectivity index (χ3v) is 7.43. The highest BCUT2D eigenvalue weighted by Crippen LogP contribution is 2.36. The molecule has 0 saturated heterocycles. The summed E-state index contributed by atoms with van der Waals surface area (Å²) in [7, 11) is 1.78. The number of fused-ring (bicyclic) bond motifs is 2. The van der Waals surface area contributed by atoms with Crippen LogP contribution in [0.3, 0.4) is 0 Å². The van der Waals surface area contributed by atoms with E-state index in [1.54, 1.807) is 30.9 Å². The van der Waals surface area contributed by atoms with Crippen LogP contribution in [0.25, 0.3) is 17.1 Å². The molecule has 1 aliphatic heterocycles. The SMILES string of the molecule is C=C[C@H](C)Nc1nc2c(c(=O)n1-c1cnc3c(ncn3C)n1)C[C@@H](C)N(C(=O)c1ccc(Br)c(C(F)(F)F)c1)C2. The summed E-state index contributed by atoms with van der Waals surface area (Å²) in [6, 6.07) is 2.59. The number of nitrogens with zero attached hydrogens (tertiary/aromatic N) is 7. The normalized spacial score (nSPS) is 16.1. The molecule has 1 aromatic carbocycles. The van der Waals surface area contributed by atoms with Crippen molar-refractivity contribution in [1.82, 2.24) is 34.0 Å². The number of benzene rings is 1. The van der Waals surface area contributed by atoms with Crippen molar-refractivity contribution in [2.24, 2.45) is 7.05 Å². The number of alkyl halides is 3. The largest absolute Gasteiger partial charge is 0.417 e. The lowest BCUT2D eigenvalue weighted by Crippen LogP contribution is -2.46. The van der Waals surface area contributed by atoms with Gasteiger partial charge in [0.25, 0.3) is 11.5 Å². The first kappa shape index (κ1) is 27.5. The predicted octanol–water partition coefficient (Wildman–Crippen LogP) is 4.26. The minimum atomic E-state index is -4.63. The van der Waals surface area contributed by atoms with Crippen LogP contribution in [0.15, 0.2) is 52.6 Å². The first-order valence-electron chi connectivity index (χ1n) is 12.2. The zero-order valence-corrected chi connectivity index (χ0v) is 23.3. The Balaban J connectivity index is 1.58. The van der Waals surface area contributed by atoms with Crippen molar-refractivity contribution in [2.45, 2.75) is 45.1 Å². The van der Waals surface area contributed by atoms with Crippen LogP contribution in [0.1, 0.15) is 41.0 Å². The molecule has 4 aromatic rings. The predicted molar refractivity (Wildman–Crippen MR) is 145 cm³/mol. The molecule has 0 spiro atoms. The van der Waals surface area contributed by atoms with Gasteiger partial charge in [0.15, 0.2) is 17.1 Å². The Morgan fingerprint density at radius 2 is 2.02 bits per heavy atom. The molecular weight excluding hydrogens is 593 g/mol. The number of carbonyl (C=O) groups is 1. The van der Waals surface area contributed by atoms with Gasteiger partial charge in [-0.25, -0.2) is 24.5 Å². The second kappa shape index (κ2) is 10.2. The molecule has 0 saturated carbocycles. The highest BCUT2D eigenvalue weighted by atomic mass is 79.9. The van der Waals surface area contributed by atoms with Crippen molar-refractivity contribution in [1.29, 1.82) is 0 Å². The summed E-state index contributed by atoms with van der Waals surface area (Å²) in [4.78, 5) is 46.5. The van der Waals surface area contributed by atoms with Gasteiger partial charge in [-0.2, -0.15) is 13.2 Å². The average molecular weight is 617 g/mol. The number of anilines is 1. The molecule has 1 aliphatic rings. The Bertz CT molecular complexity index is 1710. The molecule has 40 heavy (non-hydrogen) atoms. The van der Waals surface area contributed by atoms with Crippen molar-refractivity contribution in [3.63, 3.8) is 0 Å². The molecule has 4 heterocycles. The number of hydrogen-bond donors (Lipinski definition) is 1. The lowest BCUT2D eigenvalue weighted by atomic mass is 9.98. The van der Waals surface area contributed by atoms with E-state index in [2.05, 4.69) is 47.8 Å². The maximum Gasteiger partial charge on any atom is 0.417 e. The smallest absolute Gasteiger partial charge is 0.349 e. The molecule has 2 atom stereocenters. The van der Waals surface area contributed by atoms with E-state index in [-0.39, 0.29) is 40.8 Å². The van der Waals surface area contributed by atoms with Gasteiger partial charge in [-0.15, -0.1) is 6.58 Å². The van der Waals surface area contributed by atoms with Crippen LogP contribution in [0.4, 0.5) is 19.1 Å². The zero-order chi connectivity index (χ0) is 28.9. The molecule has 208 valence electrons. The fourth-order valence-electron chi connectivity index (χ4n) is 4.55. The van der Waals surface area contributed by atoms with Gasteiger partial charge in [0.1, 0.15) is 0 Å². The topological polar surface area (TPSA) is 111 Å². The Hall–Kier alpha value is -4.07. The monoisotopic (exact) mass is 616 g/mol. The fourth-order valence-corrected chi connectivity index (χ4v) is 5.02. The number of amides is 1. The lowest BCUT2D eigenvalue weighted by Gasteiger charge is -2.34. The van der Waals surface area contributed by atoms with Gasteiger partial charge in [-0.1, -0.05) is 22.0 Å². The number of rotatable bonds is 5. The molecule has 0 radical (unpaired) electrons. The summed E-state index contributed by atoms with van der Waals surface area (Å²) < 4.78 is 43.3. The summed E-state index contributed by atoms with van der Waals surface area (Å²) in [5.74, 6) is -0.223. The minimum absolute atomic E-state index is 0.0646. The van der Waals surface area contributed by atoms with Gasteiger partial charge in [0.2, 0.25) is 5.95 Å². The summed E-state index contributed by atoms with van der Waals surface area (Å²) in [5, 5.41) is 3.13. The number of aryl methyl sites for hydroxylation is 1. The Labute approximate surface area is 234 Å². The molecule has 14 heteroatoms. The number of nitrogens with one attached hydrogen (secondary N) is 1. The quantitative estimate of drug-likeness (QED) is 0.333. The summed E-state index contributed by atoms with van der Waals surface area (Å²) in [6.45, 7) is 7.26. The molecule has 5 rings (SSSR count). The van der Waals surface area contributed by atoms with Gasteiger partial charge >= 0.3 is 6.18 Å². The molecule has 1 N–H and O–H groups in total. The lowest BCUT2D eigenvalue weighted by molar-refractivity contribution is -0.138. The molecule has 0 aliphatic carbocycles. The molecule has 1 amide bonds. The minimum Gasteiger partial charge on any atom is -0.349 e. The van der Waals surface area contributed by atoms with E-state index in [1.165, 1.54) is 27.8 Å². The van der Waals surface area contributed by atoms with Gasteiger partial charge in [0, 0.05) is 34.7 Å². The Morgan fingerprint density at radius 1 is 1.27 bits per heavy atom. The van der Waals surface area contributed by atoms with Gasteiger partial charge < -0.3 is 14.8 Å². The van der Waals surface area contributed by atoms with E-state index >= 15 is 0 Å². The second-order valence-electron chi connectivity index (χ2n) is 9.58. The van der Waals surface area contributed by atoms with Crippen LogP contribution in [-0.4, -0.2) is 52.0 Å². The van der Waals surface area contributed by atoms with Gasteiger partial charge in [-0.3, -0.25) is 9.59 Å². The summed E-state index contributed by atoms with van der Waals surface area (Å²) >= 11 is 2.91. The third-order valence-electron chi connectivity index (χ3n) is 6.74. The highest BCUT2D eigenvalue weighted by molar-refractivity contribution is 9.10. The second-order valence-corrected chi connectivity index (χ2v) is 10.4. The van der Waals surface area contributed by atoms with Crippen LogP contribution in [-0.2, 0) is 26.2 Å². The molecular formula is C26H24BrF3N8O2. The molecule has 3 aromatic heterocycles. The number of aromatic nitrogens is 6. The van der Waals surface area contributed by atoms with Crippen LogP contribution < -0.4 is 10.9 Å². The van der Waals surface area contributed by atoms with E-state index in [4.69, 9.17) is 0 Å². The van der Waals surface area contributed by atoms with Crippen LogP contribution >= 0.6 is 15.9 Å². The number of hydrogen-bond acceptors (Lipinski definition) is 7. The highest BCUT2D eigenvalue weighted by Gasteiger charge is 2.36. The third kappa shape index (κ3) is 4.87. The van der Waals surface area contributed by atoms with Crippen molar-refractivity contribution in [2.75, 3.05) is 5.32 Å². The average Bonchev–Trinajstić information content (AvgIpc) is 3.28. The van der Waals surface area contributed by atoms with Crippen LogP contribution in [0.5, 0.6) is 0 Å². The van der Waals surface area contributed by atoms with E-state index in [0.717, 1.165) is 6.07 Å². The molecule has 0 unspecified atom stereocenters. The van der Waals surface area contributed by atoms with Gasteiger partial charge in [0.05, 0.1) is 30.3 Å².